The first kappa shape index (κ1) is 13.7. The average Bonchev–Trinajstić information content (AvgIpc) is 2.31. The van der Waals surface area contributed by atoms with Gasteiger partial charge in [-0.3, -0.25) is 4.79 Å². The summed E-state index contributed by atoms with van der Waals surface area (Å²) >= 11 is 3.38. The smallest absolute Gasteiger partial charge is 0.255 e. The van der Waals surface area contributed by atoms with E-state index < -0.39 is 0 Å². The van der Waals surface area contributed by atoms with E-state index in [4.69, 9.17) is 0 Å². The van der Waals surface area contributed by atoms with Gasteiger partial charge in [-0.05, 0) is 61.4 Å². The van der Waals surface area contributed by atoms with Crippen molar-refractivity contribution in [1.82, 2.24) is 0 Å². The molecule has 0 unspecified atom stereocenters. The number of halogens is 2. The van der Waals surface area contributed by atoms with Crippen molar-refractivity contribution >= 4 is 27.5 Å². The number of hydrogen-bond donors (Lipinski definition) is 1. The number of benzene rings is 2. The summed E-state index contributed by atoms with van der Waals surface area (Å²) in [5.41, 5.74) is 2.65. The van der Waals surface area contributed by atoms with E-state index in [2.05, 4.69) is 21.2 Å². The molecule has 0 aliphatic heterocycles. The maximum absolute atomic E-state index is 13.2. The van der Waals surface area contributed by atoms with E-state index in [1.807, 2.05) is 25.1 Å². The number of amides is 1. The number of nitrogens with one attached hydrogen (secondary N) is 1. The van der Waals surface area contributed by atoms with Crippen LogP contribution in [-0.2, 0) is 0 Å². The largest absolute Gasteiger partial charge is 0.322 e. The van der Waals surface area contributed by atoms with Crippen molar-refractivity contribution in [2.24, 2.45) is 0 Å². The number of rotatable bonds is 2. The Kier molecular flexibility index (Phi) is 4.00. The molecule has 19 heavy (non-hydrogen) atoms. The van der Waals surface area contributed by atoms with Gasteiger partial charge in [0.2, 0.25) is 0 Å². The number of carbonyl (C=O) groups excluding carboxylic acids is 1. The number of hydrogen-bond acceptors (Lipinski definition) is 1. The van der Waals surface area contributed by atoms with Crippen LogP contribution in [0.15, 0.2) is 40.9 Å². The Morgan fingerprint density at radius 1 is 1.16 bits per heavy atom. The fourth-order valence-electron chi connectivity index (χ4n) is 1.80. The molecule has 0 aromatic heterocycles. The van der Waals surface area contributed by atoms with E-state index in [1.165, 1.54) is 18.2 Å². The lowest BCUT2D eigenvalue weighted by atomic mass is 10.1. The van der Waals surface area contributed by atoms with Gasteiger partial charge >= 0.3 is 0 Å². The zero-order valence-corrected chi connectivity index (χ0v) is 12.2. The van der Waals surface area contributed by atoms with Crippen LogP contribution in [0.25, 0.3) is 0 Å². The van der Waals surface area contributed by atoms with Crippen molar-refractivity contribution in [3.05, 3.63) is 63.4 Å². The highest BCUT2D eigenvalue weighted by Crippen LogP contribution is 2.20. The van der Waals surface area contributed by atoms with Crippen LogP contribution >= 0.6 is 15.9 Å². The van der Waals surface area contributed by atoms with Crippen molar-refractivity contribution in [3.63, 3.8) is 0 Å². The maximum atomic E-state index is 13.2. The molecule has 1 amide bonds. The second-order valence-electron chi connectivity index (χ2n) is 4.44. The Labute approximate surface area is 119 Å². The summed E-state index contributed by atoms with van der Waals surface area (Å²) in [6, 6.07) is 9.96. The molecule has 0 saturated heterocycles. The zero-order chi connectivity index (χ0) is 14.0. The molecule has 2 aromatic rings. The Bertz CT molecular complexity index is 620. The highest BCUT2D eigenvalue weighted by atomic mass is 79.9. The van der Waals surface area contributed by atoms with Crippen molar-refractivity contribution in [3.8, 4) is 0 Å². The van der Waals surface area contributed by atoms with Gasteiger partial charge < -0.3 is 5.32 Å². The minimum Gasteiger partial charge on any atom is -0.322 e. The lowest BCUT2D eigenvalue weighted by molar-refractivity contribution is 0.102. The van der Waals surface area contributed by atoms with Gasteiger partial charge in [0, 0.05) is 15.7 Å². The van der Waals surface area contributed by atoms with Gasteiger partial charge in [-0.25, -0.2) is 4.39 Å². The summed E-state index contributed by atoms with van der Waals surface area (Å²) in [5, 5.41) is 2.80. The van der Waals surface area contributed by atoms with Gasteiger partial charge in [0.15, 0.2) is 0 Å². The molecule has 98 valence electrons. The summed E-state index contributed by atoms with van der Waals surface area (Å²) in [6.45, 7) is 3.58. The standard InChI is InChI=1S/C15H13BrFNO/c1-9-5-12(16)8-13(6-9)18-15(19)11-3-4-14(17)10(2)7-11/h3-8H,1-2H3,(H,18,19). The molecular weight excluding hydrogens is 309 g/mol. The molecule has 0 radical (unpaired) electrons. The van der Waals surface area contributed by atoms with Gasteiger partial charge in [0.1, 0.15) is 5.82 Å². The molecule has 2 nitrogen and oxygen atoms in total. The van der Waals surface area contributed by atoms with Crippen LogP contribution in [0.3, 0.4) is 0 Å². The maximum Gasteiger partial charge on any atom is 0.255 e. The van der Waals surface area contributed by atoms with E-state index in [0.29, 0.717) is 16.8 Å². The minimum atomic E-state index is -0.310. The molecular formula is C15H13BrFNO. The van der Waals surface area contributed by atoms with E-state index in [0.717, 1.165) is 10.0 Å². The number of carbonyl (C=O) groups is 1. The minimum absolute atomic E-state index is 0.249. The quantitative estimate of drug-likeness (QED) is 0.869. The lowest BCUT2D eigenvalue weighted by Crippen LogP contribution is -2.12. The van der Waals surface area contributed by atoms with Gasteiger partial charge in [0.05, 0.1) is 0 Å². The average molecular weight is 322 g/mol. The van der Waals surface area contributed by atoms with Crippen LogP contribution in [0, 0.1) is 19.7 Å². The monoisotopic (exact) mass is 321 g/mol. The predicted molar refractivity (Wildman–Crippen MR) is 78.0 cm³/mol. The first-order chi connectivity index (χ1) is 8.95. The Hall–Kier alpha value is -1.68. The summed E-state index contributed by atoms with van der Waals surface area (Å²) in [4.78, 5) is 12.1. The van der Waals surface area contributed by atoms with Gasteiger partial charge in [-0.15, -0.1) is 0 Å². The Morgan fingerprint density at radius 3 is 2.53 bits per heavy atom. The van der Waals surface area contributed by atoms with Crippen LogP contribution in [0.4, 0.5) is 10.1 Å². The Morgan fingerprint density at radius 2 is 1.89 bits per heavy atom. The molecule has 0 spiro atoms. The van der Waals surface area contributed by atoms with Crippen molar-refractivity contribution in [2.45, 2.75) is 13.8 Å². The summed E-state index contributed by atoms with van der Waals surface area (Å²) in [5.74, 6) is -0.560. The predicted octanol–water partition coefficient (Wildman–Crippen LogP) is 4.46. The molecule has 2 aromatic carbocycles. The van der Waals surface area contributed by atoms with E-state index in [1.54, 1.807) is 6.92 Å². The summed E-state index contributed by atoms with van der Waals surface area (Å²) < 4.78 is 14.1. The zero-order valence-electron chi connectivity index (χ0n) is 10.6. The van der Waals surface area contributed by atoms with Gasteiger partial charge in [-0.2, -0.15) is 0 Å². The molecule has 0 fully saturated rings. The Balaban J connectivity index is 2.22. The van der Waals surface area contributed by atoms with Crippen LogP contribution in [-0.4, -0.2) is 5.91 Å². The second-order valence-corrected chi connectivity index (χ2v) is 5.35. The topological polar surface area (TPSA) is 29.1 Å². The highest BCUT2D eigenvalue weighted by Gasteiger charge is 2.08. The van der Waals surface area contributed by atoms with E-state index >= 15 is 0 Å². The van der Waals surface area contributed by atoms with E-state index in [-0.39, 0.29) is 11.7 Å². The molecule has 0 atom stereocenters. The van der Waals surface area contributed by atoms with Crippen LogP contribution in [0.1, 0.15) is 21.5 Å². The third-order valence-corrected chi connectivity index (χ3v) is 3.18. The van der Waals surface area contributed by atoms with Crippen molar-refractivity contribution < 1.29 is 9.18 Å². The highest BCUT2D eigenvalue weighted by molar-refractivity contribution is 9.10. The molecule has 0 aliphatic carbocycles. The second kappa shape index (κ2) is 5.53. The van der Waals surface area contributed by atoms with Gasteiger partial charge in [0.25, 0.3) is 5.91 Å². The van der Waals surface area contributed by atoms with Crippen LogP contribution in [0.2, 0.25) is 0 Å². The fourth-order valence-corrected chi connectivity index (χ4v) is 2.41. The fraction of sp³-hybridized carbons (Fsp3) is 0.133. The van der Waals surface area contributed by atoms with Crippen molar-refractivity contribution in [2.75, 3.05) is 5.32 Å². The summed E-state index contributed by atoms with van der Waals surface area (Å²) in [6.07, 6.45) is 0. The van der Waals surface area contributed by atoms with Crippen LogP contribution in [0.5, 0.6) is 0 Å². The molecule has 0 aliphatic rings. The summed E-state index contributed by atoms with van der Waals surface area (Å²) in [7, 11) is 0. The lowest BCUT2D eigenvalue weighted by Gasteiger charge is -2.08. The number of anilines is 1. The van der Waals surface area contributed by atoms with E-state index in [9.17, 15) is 9.18 Å². The SMILES string of the molecule is Cc1cc(Br)cc(NC(=O)c2ccc(F)c(C)c2)c1. The van der Waals surface area contributed by atoms with Gasteiger partial charge in [-0.1, -0.05) is 15.9 Å². The molecule has 1 N–H and O–H groups in total. The van der Waals surface area contributed by atoms with Crippen molar-refractivity contribution in [1.29, 1.82) is 0 Å². The molecule has 0 bridgehead atoms. The molecule has 0 heterocycles. The third-order valence-electron chi connectivity index (χ3n) is 2.72. The normalized spacial score (nSPS) is 10.3. The number of aryl methyl sites for hydroxylation is 2. The molecule has 4 heteroatoms. The molecule has 0 saturated carbocycles. The third kappa shape index (κ3) is 3.41. The first-order valence-electron chi connectivity index (χ1n) is 5.80. The first-order valence-corrected chi connectivity index (χ1v) is 6.60. The molecule has 2 rings (SSSR count). The van der Waals surface area contributed by atoms with Crippen LogP contribution < -0.4 is 5.32 Å².